The molecule has 0 aromatic heterocycles. The van der Waals surface area contributed by atoms with Gasteiger partial charge in [-0.15, -0.1) is 0 Å². The van der Waals surface area contributed by atoms with Crippen molar-refractivity contribution in [1.82, 2.24) is 10.2 Å². The van der Waals surface area contributed by atoms with Gasteiger partial charge in [0.05, 0.1) is 24.8 Å². The molecule has 0 saturated heterocycles. The van der Waals surface area contributed by atoms with Crippen LogP contribution in [0, 0.1) is 0 Å². The molecule has 3 aromatic carbocycles. The molecule has 9 nitrogen and oxygen atoms in total. The Balaban J connectivity index is 2.08. The Bertz CT molecular complexity index is 1380. The highest BCUT2D eigenvalue weighted by Crippen LogP contribution is 2.34. The number of hydrogen-bond acceptors (Lipinski definition) is 6. The zero-order chi connectivity index (χ0) is 27.9. The molecule has 0 radical (unpaired) electrons. The summed E-state index contributed by atoms with van der Waals surface area (Å²) < 4.78 is 39.2. The van der Waals surface area contributed by atoms with Crippen molar-refractivity contribution in [2.75, 3.05) is 32.1 Å². The second-order valence-corrected chi connectivity index (χ2v) is 10.6. The first-order valence-corrected chi connectivity index (χ1v) is 13.5. The molecule has 0 aliphatic rings. The van der Waals surface area contributed by atoms with Gasteiger partial charge in [-0.2, -0.15) is 0 Å². The summed E-state index contributed by atoms with van der Waals surface area (Å²) in [4.78, 5) is 27.7. The molecule has 1 atom stereocenters. The average Bonchev–Trinajstić information content (AvgIpc) is 2.93. The Morgan fingerprint density at radius 3 is 2.24 bits per heavy atom. The fourth-order valence-corrected chi connectivity index (χ4v) is 5.49. The Labute approximate surface area is 228 Å². The fourth-order valence-electron chi connectivity index (χ4n) is 3.85. The van der Waals surface area contributed by atoms with Crippen molar-refractivity contribution in [1.29, 1.82) is 0 Å². The van der Waals surface area contributed by atoms with Crippen LogP contribution in [0.15, 0.2) is 77.7 Å². The van der Waals surface area contributed by atoms with E-state index in [2.05, 4.69) is 5.32 Å². The number of nitrogens with zero attached hydrogens (tertiary/aromatic N) is 2. The molecular formula is C27H30ClN3O6S. The third-order valence-electron chi connectivity index (χ3n) is 5.92. The highest BCUT2D eigenvalue weighted by molar-refractivity contribution is 7.92. The molecule has 11 heteroatoms. The first-order chi connectivity index (χ1) is 18.1. The minimum Gasteiger partial charge on any atom is -0.493 e. The number of amides is 2. The van der Waals surface area contributed by atoms with E-state index in [0.29, 0.717) is 22.1 Å². The van der Waals surface area contributed by atoms with Crippen LogP contribution in [-0.2, 0) is 26.2 Å². The van der Waals surface area contributed by atoms with E-state index in [4.69, 9.17) is 21.1 Å². The molecule has 202 valence electrons. The Hall–Kier alpha value is -3.76. The van der Waals surface area contributed by atoms with Crippen molar-refractivity contribution >= 4 is 39.1 Å². The van der Waals surface area contributed by atoms with E-state index in [1.54, 1.807) is 55.5 Å². The number of hydrogen-bond donors (Lipinski definition) is 1. The number of rotatable bonds is 11. The van der Waals surface area contributed by atoms with Crippen molar-refractivity contribution in [2.45, 2.75) is 24.4 Å². The molecule has 0 spiro atoms. The number of benzene rings is 3. The van der Waals surface area contributed by atoms with Crippen LogP contribution in [0.1, 0.15) is 12.5 Å². The summed E-state index contributed by atoms with van der Waals surface area (Å²) in [6, 6.07) is 18.4. The second kappa shape index (κ2) is 12.7. The molecule has 2 amide bonds. The molecule has 1 N–H and O–H groups in total. The minimum atomic E-state index is -4.19. The molecule has 0 heterocycles. The molecule has 0 aliphatic heterocycles. The number of methoxy groups -OCH3 is 2. The van der Waals surface area contributed by atoms with Crippen LogP contribution in [0.3, 0.4) is 0 Å². The number of sulfonamides is 1. The van der Waals surface area contributed by atoms with Gasteiger partial charge >= 0.3 is 0 Å². The summed E-state index contributed by atoms with van der Waals surface area (Å²) >= 11 is 6.13. The van der Waals surface area contributed by atoms with Crippen LogP contribution in [0.25, 0.3) is 0 Å². The molecule has 38 heavy (non-hydrogen) atoms. The number of ether oxygens (including phenoxy) is 2. The number of halogens is 1. The van der Waals surface area contributed by atoms with Gasteiger partial charge in [-0.3, -0.25) is 13.9 Å². The van der Waals surface area contributed by atoms with E-state index in [1.165, 1.54) is 50.4 Å². The van der Waals surface area contributed by atoms with Crippen LogP contribution in [0.5, 0.6) is 11.5 Å². The van der Waals surface area contributed by atoms with E-state index in [1.807, 2.05) is 0 Å². The zero-order valence-corrected chi connectivity index (χ0v) is 23.1. The molecule has 0 saturated carbocycles. The maximum absolute atomic E-state index is 13.8. The lowest BCUT2D eigenvalue weighted by Gasteiger charge is -2.32. The molecule has 3 aromatic rings. The number of carbonyl (C=O) groups excluding carboxylic acids is 2. The number of nitrogens with one attached hydrogen (secondary N) is 1. The largest absolute Gasteiger partial charge is 0.493 e. The molecular weight excluding hydrogens is 530 g/mol. The van der Waals surface area contributed by atoms with E-state index in [-0.39, 0.29) is 17.1 Å². The van der Waals surface area contributed by atoms with Crippen LogP contribution >= 0.6 is 11.6 Å². The van der Waals surface area contributed by atoms with E-state index >= 15 is 0 Å². The summed E-state index contributed by atoms with van der Waals surface area (Å²) in [5.74, 6) is -0.296. The summed E-state index contributed by atoms with van der Waals surface area (Å²) in [7, 11) is 0.175. The quantitative estimate of drug-likeness (QED) is 0.384. The summed E-state index contributed by atoms with van der Waals surface area (Å²) in [6.07, 6.45) is 0. The summed E-state index contributed by atoms with van der Waals surface area (Å²) in [5, 5.41) is 3.02. The standard InChI is InChI=1S/C27H30ClN3O6S/c1-19(27(33)29-2)30(17-20-9-8-10-21(28)15-20)26(32)18-31(38(34,35)23-11-6-5-7-12-23)22-13-14-24(36-3)25(16-22)37-4/h5-16,19H,17-18H2,1-4H3,(H,29,33). The molecule has 0 fully saturated rings. The van der Waals surface area contributed by atoms with Gasteiger partial charge in [0.2, 0.25) is 11.8 Å². The minimum absolute atomic E-state index is 0.00308. The first-order valence-electron chi connectivity index (χ1n) is 11.7. The maximum atomic E-state index is 13.8. The van der Waals surface area contributed by atoms with Crippen molar-refractivity contribution in [2.24, 2.45) is 0 Å². The highest BCUT2D eigenvalue weighted by atomic mass is 35.5. The summed E-state index contributed by atoms with van der Waals surface area (Å²) in [5.41, 5.74) is 0.875. The smallest absolute Gasteiger partial charge is 0.264 e. The zero-order valence-electron chi connectivity index (χ0n) is 21.5. The van der Waals surface area contributed by atoms with Gasteiger partial charge in [0.25, 0.3) is 10.0 Å². The van der Waals surface area contributed by atoms with Gasteiger partial charge in [-0.05, 0) is 48.9 Å². The second-order valence-electron chi connectivity index (χ2n) is 8.31. The van der Waals surface area contributed by atoms with Crippen molar-refractivity contribution in [3.63, 3.8) is 0 Å². The van der Waals surface area contributed by atoms with Crippen molar-refractivity contribution in [3.05, 3.63) is 83.4 Å². The molecule has 1 unspecified atom stereocenters. The Kier molecular flexibility index (Phi) is 9.60. The average molecular weight is 560 g/mol. The van der Waals surface area contributed by atoms with Gasteiger partial charge in [-0.25, -0.2) is 8.42 Å². The lowest BCUT2D eigenvalue weighted by Crippen LogP contribution is -2.50. The van der Waals surface area contributed by atoms with E-state index < -0.39 is 34.4 Å². The van der Waals surface area contributed by atoms with Gasteiger partial charge in [0, 0.05) is 24.7 Å². The molecule has 0 aliphatic carbocycles. The topological polar surface area (TPSA) is 105 Å². The predicted octanol–water partition coefficient (Wildman–Crippen LogP) is 3.72. The van der Waals surface area contributed by atoms with Crippen molar-refractivity contribution < 1.29 is 27.5 Å². The van der Waals surface area contributed by atoms with Crippen LogP contribution < -0.4 is 19.1 Å². The van der Waals surface area contributed by atoms with Crippen LogP contribution in [0.2, 0.25) is 5.02 Å². The summed E-state index contributed by atoms with van der Waals surface area (Å²) in [6.45, 7) is 1.04. The van der Waals surface area contributed by atoms with Gasteiger partial charge in [0.1, 0.15) is 12.6 Å². The lowest BCUT2D eigenvalue weighted by atomic mass is 10.1. The first kappa shape index (κ1) is 28.8. The molecule has 0 bridgehead atoms. The third kappa shape index (κ3) is 6.56. The van der Waals surface area contributed by atoms with Gasteiger partial charge < -0.3 is 19.7 Å². The lowest BCUT2D eigenvalue weighted by molar-refractivity contribution is -0.139. The van der Waals surface area contributed by atoms with E-state index in [0.717, 1.165) is 4.31 Å². The predicted molar refractivity (Wildman–Crippen MR) is 146 cm³/mol. The number of carbonyl (C=O) groups is 2. The van der Waals surface area contributed by atoms with Crippen molar-refractivity contribution in [3.8, 4) is 11.5 Å². The Morgan fingerprint density at radius 1 is 0.947 bits per heavy atom. The van der Waals surface area contributed by atoms with Crippen LogP contribution in [-0.4, -0.2) is 59.0 Å². The fraction of sp³-hybridized carbons (Fsp3) is 0.259. The van der Waals surface area contributed by atoms with Gasteiger partial charge in [-0.1, -0.05) is 41.9 Å². The SMILES string of the molecule is CNC(=O)C(C)N(Cc1cccc(Cl)c1)C(=O)CN(c1ccc(OC)c(OC)c1)S(=O)(=O)c1ccccc1. The monoisotopic (exact) mass is 559 g/mol. The number of anilines is 1. The Morgan fingerprint density at radius 2 is 1.63 bits per heavy atom. The molecule has 3 rings (SSSR count). The third-order valence-corrected chi connectivity index (χ3v) is 7.94. The maximum Gasteiger partial charge on any atom is 0.264 e. The normalized spacial score (nSPS) is 11.8. The highest BCUT2D eigenvalue weighted by Gasteiger charge is 2.32. The number of likely N-dealkylation sites (N-methyl/N-ethyl adjacent to an activating group) is 1. The van der Waals surface area contributed by atoms with Crippen LogP contribution in [0.4, 0.5) is 5.69 Å². The van der Waals surface area contributed by atoms with E-state index in [9.17, 15) is 18.0 Å². The van der Waals surface area contributed by atoms with Gasteiger partial charge in [0.15, 0.2) is 11.5 Å².